The molecule has 18 unspecified atom stereocenters. The van der Waals surface area contributed by atoms with Crippen LogP contribution in [0.15, 0.2) is 11.6 Å². The van der Waals surface area contributed by atoms with Crippen molar-refractivity contribution in [2.24, 2.45) is 50.2 Å². The third-order valence-electron chi connectivity index (χ3n) is 17.2. The Bertz CT molecular complexity index is 1480. The smallest absolute Gasteiger partial charge is 0.315 e. The predicted molar refractivity (Wildman–Crippen MR) is 198 cm³/mol. The van der Waals surface area contributed by atoms with E-state index in [0.717, 1.165) is 51.4 Å². The molecule has 55 heavy (non-hydrogen) atoms. The molecule has 13 heteroatoms. The van der Waals surface area contributed by atoms with Gasteiger partial charge in [-0.1, -0.05) is 60.1 Å². The summed E-state index contributed by atoms with van der Waals surface area (Å²) in [6, 6.07) is 0. The fourth-order valence-corrected chi connectivity index (χ4v) is 13.4. The van der Waals surface area contributed by atoms with Gasteiger partial charge in [0.2, 0.25) is 6.29 Å². The average Bonchev–Trinajstić information content (AvgIpc) is 3.12. The second-order valence-electron chi connectivity index (χ2n) is 20.7. The van der Waals surface area contributed by atoms with Crippen molar-refractivity contribution >= 4 is 5.97 Å². The molecule has 0 bridgehead atoms. The van der Waals surface area contributed by atoms with Gasteiger partial charge in [-0.05, 0) is 109 Å². The highest BCUT2D eigenvalue weighted by Gasteiger charge is 2.69. The summed E-state index contributed by atoms with van der Waals surface area (Å²) in [5.74, 6) is 0.269. The maximum Gasteiger partial charge on any atom is 0.315 e. The number of hydrogen-bond donors (Lipinski definition) is 8. The van der Waals surface area contributed by atoms with Gasteiger partial charge in [0.15, 0.2) is 6.29 Å². The van der Waals surface area contributed by atoms with Crippen LogP contribution in [0.2, 0.25) is 0 Å². The van der Waals surface area contributed by atoms with E-state index in [4.69, 9.17) is 18.9 Å². The normalized spacial score (nSPS) is 53.1. The standard InChI is InChI=1S/C42H68O13/c1-37(2)14-16-42(36(51)55-35-33(50)31(48)29(46)24(54-35)20-52-34-32(49)30(47)28(45)23(19-43)53-34)17-15-40(6)21(22(42)18-37)8-9-26-39(5)12-11-27(44)38(3,4)25(39)10-13-41(26,40)7/h8,22-35,43-50H,9-20H2,1-7H3. The summed E-state index contributed by atoms with van der Waals surface area (Å²) in [7, 11) is 0. The highest BCUT2D eigenvalue weighted by Crippen LogP contribution is 2.76. The SMILES string of the molecule is CC1(C)CCC2(C(=O)OC3OC(COC4OC(CO)C(O)C(O)C4O)C(O)C(O)C3O)CCC3(C)C(=CCC4C5(C)CCC(O)C(C)(C)C5CCC43C)C2C1. The minimum Gasteiger partial charge on any atom is -0.432 e. The molecule has 2 heterocycles. The van der Waals surface area contributed by atoms with Crippen LogP contribution in [0.4, 0.5) is 0 Å². The molecule has 8 N–H and O–H groups in total. The third kappa shape index (κ3) is 6.31. The number of rotatable bonds is 6. The van der Waals surface area contributed by atoms with Gasteiger partial charge in [0.05, 0.1) is 24.7 Å². The van der Waals surface area contributed by atoms with Crippen LogP contribution in [-0.4, -0.2) is 128 Å². The summed E-state index contributed by atoms with van der Waals surface area (Å²) < 4.78 is 23.0. The first-order valence-electron chi connectivity index (χ1n) is 20.8. The summed E-state index contributed by atoms with van der Waals surface area (Å²) in [4.78, 5) is 14.8. The number of ether oxygens (including phenoxy) is 4. The first-order valence-corrected chi connectivity index (χ1v) is 20.8. The first kappa shape index (κ1) is 41.9. The Morgan fingerprint density at radius 3 is 2.02 bits per heavy atom. The molecule has 4 saturated carbocycles. The molecule has 6 fully saturated rings. The third-order valence-corrected chi connectivity index (χ3v) is 17.2. The first-order chi connectivity index (χ1) is 25.6. The van der Waals surface area contributed by atoms with E-state index in [-0.39, 0.29) is 39.1 Å². The van der Waals surface area contributed by atoms with E-state index >= 15 is 0 Å². The molecular weight excluding hydrogens is 712 g/mol. The van der Waals surface area contributed by atoms with Crippen molar-refractivity contribution in [2.75, 3.05) is 13.2 Å². The number of carbonyl (C=O) groups excluding carboxylic acids is 1. The number of hydrogen-bond acceptors (Lipinski definition) is 13. The summed E-state index contributed by atoms with van der Waals surface area (Å²) in [5.41, 5.74) is 0.212. The molecule has 2 saturated heterocycles. The van der Waals surface area contributed by atoms with Crippen molar-refractivity contribution in [1.29, 1.82) is 0 Å². The van der Waals surface area contributed by atoms with Gasteiger partial charge in [0, 0.05) is 0 Å². The fraction of sp³-hybridized carbons (Fsp3) is 0.929. The Labute approximate surface area is 325 Å². The molecule has 0 aromatic carbocycles. The maximum absolute atomic E-state index is 14.8. The molecule has 0 radical (unpaired) electrons. The Balaban J connectivity index is 1.13. The zero-order valence-corrected chi connectivity index (χ0v) is 33.8. The van der Waals surface area contributed by atoms with Crippen LogP contribution in [0, 0.1) is 50.2 Å². The maximum atomic E-state index is 14.8. The summed E-state index contributed by atoms with van der Waals surface area (Å²) >= 11 is 0. The molecule has 0 aromatic rings. The van der Waals surface area contributed by atoms with Gasteiger partial charge < -0.3 is 59.8 Å². The number of aliphatic hydroxyl groups excluding tert-OH is 8. The van der Waals surface area contributed by atoms with Crippen molar-refractivity contribution in [3.05, 3.63) is 11.6 Å². The molecule has 0 spiro atoms. The molecule has 0 amide bonds. The lowest BCUT2D eigenvalue weighted by Crippen LogP contribution is -2.65. The molecule has 2 aliphatic heterocycles. The number of carbonyl (C=O) groups is 1. The van der Waals surface area contributed by atoms with E-state index in [1.807, 2.05) is 0 Å². The Kier molecular flexibility index (Phi) is 10.8. The minimum atomic E-state index is -1.76. The molecule has 7 aliphatic rings. The van der Waals surface area contributed by atoms with Gasteiger partial charge in [-0.25, -0.2) is 0 Å². The zero-order chi connectivity index (χ0) is 40.3. The highest BCUT2D eigenvalue weighted by atomic mass is 16.7. The van der Waals surface area contributed by atoms with Crippen LogP contribution >= 0.6 is 0 Å². The second kappa shape index (κ2) is 14.2. The number of aliphatic hydroxyl groups is 8. The largest absolute Gasteiger partial charge is 0.432 e. The zero-order valence-electron chi connectivity index (χ0n) is 33.8. The van der Waals surface area contributed by atoms with Crippen LogP contribution < -0.4 is 0 Å². The van der Waals surface area contributed by atoms with Crippen LogP contribution in [0.1, 0.15) is 113 Å². The van der Waals surface area contributed by atoms with Crippen molar-refractivity contribution in [1.82, 2.24) is 0 Å². The molecular formula is C42H68O13. The van der Waals surface area contributed by atoms with Crippen LogP contribution in [0.3, 0.4) is 0 Å². The molecule has 5 aliphatic carbocycles. The minimum absolute atomic E-state index is 0.00451. The molecule has 0 aromatic heterocycles. The van der Waals surface area contributed by atoms with E-state index < -0.39 is 86.0 Å². The van der Waals surface area contributed by atoms with Crippen molar-refractivity contribution < 1.29 is 64.6 Å². The summed E-state index contributed by atoms with van der Waals surface area (Å²) in [5, 5.41) is 84.2. The molecule has 18 atom stereocenters. The van der Waals surface area contributed by atoms with E-state index in [2.05, 4.69) is 54.5 Å². The van der Waals surface area contributed by atoms with Crippen molar-refractivity contribution in [3.8, 4) is 0 Å². The van der Waals surface area contributed by atoms with Gasteiger partial charge in [-0.2, -0.15) is 0 Å². The predicted octanol–water partition coefficient (Wildman–Crippen LogP) is 2.32. The topological polar surface area (TPSA) is 216 Å². The second-order valence-corrected chi connectivity index (χ2v) is 20.7. The Morgan fingerprint density at radius 1 is 0.727 bits per heavy atom. The van der Waals surface area contributed by atoms with Crippen LogP contribution in [-0.2, 0) is 23.7 Å². The Morgan fingerprint density at radius 2 is 1.35 bits per heavy atom. The van der Waals surface area contributed by atoms with Crippen molar-refractivity contribution in [3.63, 3.8) is 0 Å². The monoisotopic (exact) mass is 780 g/mol. The Hall–Kier alpha value is -1.23. The van der Waals surface area contributed by atoms with E-state index in [1.54, 1.807) is 0 Å². The molecule has 7 rings (SSSR count). The van der Waals surface area contributed by atoms with Gasteiger partial charge in [-0.15, -0.1) is 0 Å². The van der Waals surface area contributed by atoms with E-state index in [1.165, 1.54) is 5.57 Å². The van der Waals surface area contributed by atoms with Gasteiger partial charge in [0.25, 0.3) is 0 Å². The molecule has 314 valence electrons. The quantitative estimate of drug-likeness (QED) is 0.144. The number of esters is 1. The lowest BCUT2D eigenvalue weighted by molar-refractivity contribution is -0.328. The number of allylic oxidation sites excluding steroid dienone is 2. The molecule has 13 nitrogen and oxygen atoms in total. The van der Waals surface area contributed by atoms with Gasteiger partial charge >= 0.3 is 5.97 Å². The van der Waals surface area contributed by atoms with Crippen LogP contribution in [0.25, 0.3) is 0 Å². The van der Waals surface area contributed by atoms with Gasteiger partial charge in [-0.3, -0.25) is 4.79 Å². The number of fused-ring (bicyclic) bond motifs is 7. The fourth-order valence-electron chi connectivity index (χ4n) is 13.4. The van der Waals surface area contributed by atoms with Crippen molar-refractivity contribution in [2.45, 2.75) is 180 Å². The van der Waals surface area contributed by atoms with E-state index in [9.17, 15) is 45.6 Å². The lowest BCUT2D eigenvalue weighted by Gasteiger charge is -2.71. The summed E-state index contributed by atoms with van der Waals surface area (Å²) in [6.45, 7) is 15.3. The van der Waals surface area contributed by atoms with Gasteiger partial charge in [0.1, 0.15) is 48.8 Å². The highest BCUT2D eigenvalue weighted by molar-refractivity contribution is 5.79. The van der Waals surface area contributed by atoms with E-state index in [0.29, 0.717) is 24.7 Å². The lowest BCUT2D eigenvalue weighted by atomic mass is 9.33. The van der Waals surface area contributed by atoms with Crippen LogP contribution in [0.5, 0.6) is 0 Å². The summed E-state index contributed by atoms with van der Waals surface area (Å²) in [6.07, 6.45) is -5.21. The average molecular weight is 781 g/mol.